The quantitative estimate of drug-likeness (QED) is 0.246. The number of hydrogen-bond donors (Lipinski definition) is 1. The molecular formula is C26H34F2KN3O2. The molecule has 0 saturated carbocycles. The van der Waals surface area contributed by atoms with Crippen LogP contribution in [0.25, 0.3) is 4.85 Å². The number of unbranched alkanes of at least 4 members (excludes halogenated alkanes) is 1. The Morgan fingerprint density at radius 2 is 2.06 bits per heavy atom. The summed E-state index contributed by atoms with van der Waals surface area (Å²) in [6, 6.07) is 8.40. The number of aliphatic hydroxyl groups excluding tert-OH is 1. The van der Waals surface area contributed by atoms with Gasteiger partial charge in [0.25, 0.3) is 6.57 Å². The van der Waals surface area contributed by atoms with Crippen LogP contribution in [0.3, 0.4) is 0 Å². The van der Waals surface area contributed by atoms with Crippen molar-refractivity contribution in [2.45, 2.75) is 52.6 Å². The second kappa shape index (κ2) is 23.3. The Morgan fingerprint density at radius 3 is 2.47 bits per heavy atom. The number of rotatable bonds is 9. The molecule has 5 nitrogen and oxygen atoms in total. The van der Waals surface area contributed by atoms with E-state index in [2.05, 4.69) is 36.7 Å². The van der Waals surface area contributed by atoms with E-state index in [1.165, 1.54) is 25.7 Å². The fraction of sp³-hybridized carbons (Fsp3) is 0.385. The summed E-state index contributed by atoms with van der Waals surface area (Å²) in [4.78, 5) is 6.96. The molecule has 1 unspecified atom stereocenters. The van der Waals surface area contributed by atoms with E-state index in [1.807, 2.05) is 13.0 Å². The smallest absolute Gasteiger partial charge is 0.393 e. The van der Waals surface area contributed by atoms with Gasteiger partial charge in [0.05, 0.1) is 35.8 Å². The minimum Gasteiger partial charge on any atom is -0.393 e. The molecular weight excluding hydrogens is 463 g/mol. The maximum Gasteiger partial charge on any atom is 1.00 e. The average Bonchev–Trinajstić information content (AvgIpc) is 2.82. The van der Waals surface area contributed by atoms with E-state index < -0.39 is 11.6 Å². The predicted octanol–water partition coefficient (Wildman–Crippen LogP) is 3.38. The third-order valence-corrected chi connectivity index (χ3v) is 3.78. The number of halogens is 2. The van der Waals surface area contributed by atoms with Gasteiger partial charge in [-0.15, -0.1) is 0 Å². The van der Waals surface area contributed by atoms with E-state index >= 15 is 0 Å². The van der Waals surface area contributed by atoms with Crippen molar-refractivity contribution in [2.75, 3.05) is 13.7 Å². The van der Waals surface area contributed by atoms with Crippen LogP contribution in [0.4, 0.5) is 8.78 Å². The topological polar surface area (TPSA) is 70.0 Å². The number of aliphatic hydroxyl groups is 1. The first-order valence-electron chi connectivity index (χ1n) is 10.4. The number of methoxy groups -OCH3 is 1. The molecule has 1 N–H and O–H groups in total. The van der Waals surface area contributed by atoms with Crippen molar-refractivity contribution in [3.63, 3.8) is 0 Å². The first-order valence-corrected chi connectivity index (χ1v) is 10.4. The minimum absolute atomic E-state index is 0. The van der Waals surface area contributed by atoms with Crippen LogP contribution in [0.2, 0.25) is 0 Å². The Hall–Kier alpha value is -1.49. The summed E-state index contributed by atoms with van der Waals surface area (Å²) < 4.78 is 33.3. The number of aliphatic imine (C=N–C) groups is 1. The van der Waals surface area contributed by atoms with Crippen LogP contribution >= 0.6 is 0 Å². The van der Waals surface area contributed by atoms with Gasteiger partial charge in [-0.3, -0.25) is 4.99 Å². The minimum atomic E-state index is -3.52. The van der Waals surface area contributed by atoms with Gasteiger partial charge < -0.3 is 22.3 Å². The molecule has 0 aromatic heterocycles. The number of alkyl halides is 2. The zero-order valence-corrected chi connectivity index (χ0v) is 24.2. The molecule has 0 radical (unpaired) electrons. The summed E-state index contributed by atoms with van der Waals surface area (Å²) in [7, 11) is 1.41. The Balaban J connectivity index is -0.000000818. The van der Waals surface area contributed by atoms with E-state index in [9.17, 15) is 8.78 Å². The van der Waals surface area contributed by atoms with Crippen LogP contribution in [-0.2, 0) is 4.74 Å². The number of benzene rings is 1. The van der Waals surface area contributed by atoms with Gasteiger partial charge in [0.1, 0.15) is 6.20 Å². The molecule has 0 heterocycles. The van der Waals surface area contributed by atoms with E-state index in [-0.39, 0.29) is 69.8 Å². The average molecular weight is 498 g/mol. The van der Waals surface area contributed by atoms with Gasteiger partial charge in [-0.2, -0.15) is 18.6 Å². The first-order chi connectivity index (χ1) is 15.7. The molecule has 0 fully saturated rings. The molecule has 34 heavy (non-hydrogen) atoms. The molecule has 8 heteroatoms. The summed E-state index contributed by atoms with van der Waals surface area (Å²) >= 11 is 0. The monoisotopic (exact) mass is 497 g/mol. The molecule has 1 rings (SSSR count). The zero-order valence-electron chi connectivity index (χ0n) is 21.1. The summed E-state index contributed by atoms with van der Waals surface area (Å²) in [6.45, 7) is 16.1. The molecule has 0 aliphatic carbocycles. The van der Waals surface area contributed by atoms with E-state index in [0.717, 1.165) is 12.5 Å². The molecule has 1 aromatic carbocycles. The summed E-state index contributed by atoms with van der Waals surface area (Å²) in [6.07, 6.45) is 8.72. The Bertz CT molecular complexity index is 866. The normalized spacial score (nSPS) is 12.1. The third-order valence-electron chi connectivity index (χ3n) is 3.78. The SMILES string of the molecule is C#[N+]C=[C-]C(F)(F)/C(=C/C=C)N=C(COC)c1cccc(C#N)c1.CCC(C)O.C[CH-]CC.[K+]. The van der Waals surface area contributed by atoms with Gasteiger partial charge in [-0.25, -0.2) is 8.78 Å². The Morgan fingerprint density at radius 1 is 1.47 bits per heavy atom. The number of nitriles is 1. The molecule has 180 valence electrons. The van der Waals surface area contributed by atoms with Crippen molar-refractivity contribution in [1.29, 1.82) is 5.26 Å². The van der Waals surface area contributed by atoms with Crippen LogP contribution in [-0.4, -0.2) is 36.6 Å². The van der Waals surface area contributed by atoms with Crippen LogP contribution in [0.1, 0.15) is 51.7 Å². The molecule has 0 bridgehead atoms. The Kier molecular flexibility index (Phi) is 25.4. The number of hydrogen-bond acceptors (Lipinski definition) is 4. The fourth-order valence-electron chi connectivity index (χ4n) is 1.75. The molecule has 0 aliphatic rings. The Labute approximate surface area is 246 Å². The van der Waals surface area contributed by atoms with Crippen molar-refractivity contribution in [2.24, 2.45) is 4.99 Å². The molecule has 0 spiro atoms. The van der Waals surface area contributed by atoms with Crippen molar-refractivity contribution in [3.8, 4) is 12.6 Å². The van der Waals surface area contributed by atoms with Crippen LogP contribution < -0.4 is 51.4 Å². The standard InChI is InChI=1S/C18H15F2N3O.C4H10O.C4H9.K/c1-4-6-17(18(19,20)9-10-22-2)23-16(13-24-3)15-8-5-7-14(11-15)12-21;1-3-4(2)5;1-3-4-2;/h2,4-8,10-11H,1,13H2,3H3;4-5H,3H2,1-2H3;3H,4H2,1-2H3;/q;;-1;+1/b17-6-,23-16?;;;. The predicted molar refractivity (Wildman–Crippen MR) is 131 cm³/mol. The van der Waals surface area contributed by atoms with Gasteiger partial charge in [-0.05, 0) is 37.1 Å². The number of ether oxygens (including phenoxy) is 1. The van der Waals surface area contributed by atoms with Crippen molar-refractivity contribution in [3.05, 3.63) is 83.4 Å². The largest absolute Gasteiger partial charge is 1.00 e. The van der Waals surface area contributed by atoms with Crippen molar-refractivity contribution in [1.82, 2.24) is 0 Å². The summed E-state index contributed by atoms with van der Waals surface area (Å²) in [5.41, 5.74) is 0.500. The molecule has 0 saturated heterocycles. The second-order valence-corrected chi connectivity index (χ2v) is 6.54. The van der Waals surface area contributed by atoms with Gasteiger partial charge >= 0.3 is 51.4 Å². The van der Waals surface area contributed by atoms with Crippen LogP contribution in [0.5, 0.6) is 0 Å². The first kappa shape index (κ1) is 37.1. The summed E-state index contributed by atoms with van der Waals surface area (Å²) in [5, 5.41) is 17.3. The number of allylic oxidation sites excluding steroid dienone is 3. The fourth-order valence-corrected chi connectivity index (χ4v) is 1.75. The second-order valence-electron chi connectivity index (χ2n) is 6.54. The van der Waals surface area contributed by atoms with Crippen LogP contribution in [0, 0.1) is 30.4 Å². The molecule has 0 aliphatic heterocycles. The van der Waals surface area contributed by atoms with Crippen LogP contribution in [0.15, 0.2) is 59.9 Å². The molecule has 1 aromatic rings. The van der Waals surface area contributed by atoms with Crippen molar-refractivity contribution < 1.29 is 70.0 Å². The maximum absolute atomic E-state index is 14.1. The van der Waals surface area contributed by atoms with E-state index in [4.69, 9.17) is 21.7 Å². The van der Waals surface area contributed by atoms with E-state index in [1.54, 1.807) is 31.2 Å². The van der Waals surface area contributed by atoms with Gasteiger partial charge in [0, 0.05) is 7.11 Å². The number of nitrogens with zero attached hydrogens (tertiary/aromatic N) is 3. The zero-order chi connectivity index (χ0) is 25.7. The van der Waals surface area contributed by atoms with Gasteiger partial charge in [0.2, 0.25) is 0 Å². The van der Waals surface area contributed by atoms with Crippen molar-refractivity contribution >= 4 is 5.71 Å². The maximum atomic E-state index is 14.1. The van der Waals surface area contributed by atoms with E-state index in [0.29, 0.717) is 17.3 Å². The van der Waals surface area contributed by atoms with Gasteiger partial charge in [0.15, 0.2) is 5.92 Å². The van der Waals surface area contributed by atoms with Gasteiger partial charge in [-0.1, -0.05) is 43.5 Å². The molecule has 1 atom stereocenters. The third kappa shape index (κ3) is 17.9. The summed E-state index contributed by atoms with van der Waals surface area (Å²) in [5.74, 6) is -3.52. The molecule has 0 amide bonds.